The molecule has 0 aliphatic heterocycles. The van der Waals surface area contributed by atoms with Gasteiger partial charge in [-0.3, -0.25) is 4.79 Å². The number of nitrogens with zero attached hydrogens (tertiary/aromatic N) is 2. The fourth-order valence-electron chi connectivity index (χ4n) is 1.96. The maximum atomic E-state index is 12.8. The highest BCUT2D eigenvalue weighted by Gasteiger charge is 2.27. The second-order valence-electron chi connectivity index (χ2n) is 5.37. The van der Waals surface area contributed by atoms with E-state index in [1.165, 1.54) is 23.5 Å². The third-order valence-electron chi connectivity index (χ3n) is 3.38. The van der Waals surface area contributed by atoms with E-state index in [0.717, 1.165) is 30.0 Å². The molecule has 0 spiro atoms. The number of hydrogen-bond donors (Lipinski definition) is 2. The van der Waals surface area contributed by atoms with Gasteiger partial charge in [0.25, 0.3) is 0 Å². The molecule has 1 heterocycles. The normalized spacial score (nSPS) is 14.5. The smallest absolute Gasteiger partial charge is 0.240 e. The van der Waals surface area contributed by atoms with Crippen molar-refractivity contribution < 1.29 is 17.6 Å². The second kappa shape index (κ2) is 6.91. The predicted octanol–water partition coefficient (Wildman–Crippen LogP) is 1.86. The maximum Gasteiger partial charge on any atom is 0.240 e. The Bertz CT molecular complexity index is 832. The standard InChI is InChI=1S/C14H15FN4O3S2/c15-10-3-5-11(6-4-10)24(21,22)16-8-7-12(20)17-14-19-18-13(23-14)9-1-2-9/h3-6,9,16H,1-2,7-8H2,(H,17,19,20). The number of carbonyl (C=O) groups is 1. The van der Waals surface area contributed by atoms with Crippen LogP contribution in [0.15, 0.2) is 29.2 Å². The Hall–Kier alpha value is -1.91. The van der Waals surface area contributed by atoms with E-state index in [0.29, 0.717) is 11.0 Å². The molecule has 1 aliphatic rings. The highest BCUT2D eigenvalue weighted by Crippen LogP contribution is 2.42. The van der Waals surface area contributed by atoms with Gasteiger partial charge in [-0.25, -0.2) is 17.5 Å². The van der Waals surface area contributed by atoms with Crippen molar-refractivity contribution in [1.82, 2.24) is 14.9 Å². The summed E-state index contributed by atoms with van der Waals surface area (Å²) in [6.07, 6.45) is 2.17. The topological polar surface area (TPSA) is 101 Å². The summed E-state index contributed by atoms with van der Waals surface area (Å²) in [5, 5.41) is 11.8. The van der Waals surface area contributed by atoms with Gasteiger partial charge in [-0.1, -0.05) is 11.3 Å². The Morgan fingerprint density at radius 1 is 1.25 bits per heavy atom. The summed E-state index contributed by atoms with van der Waals surface area (Å²) >= 11 is 1.34. The maximum absolute atomic E-state index is 12.8. The van der Waals surface area contributed by atoms with Crippen LogP contribution in [-0.4, -0.2) is 31.1 Å². The van der Waals surface area contributed by atoms with Crippen LogP contribution >= 0.6 is 11.3 Å². The SMILES string of the molecule is O=C(CCNS(=O)(=O)c1ccc(F)cc1)Nc1nnc(C2CC2)s1. The molecule has 24 heavy (non-hydrogen) atoms. The van der Waals surface area contributed by atoms with Gasteiger partial charge in [0.05, 0.1) is 4.90 Å². The Labute approximate surface area is 142 Å². The lowest BCUT2D eigenvalue weighted by Crippen LogP contribution is -2.27. The van der Waals surface area contributed by atoms with Crippen molar-refractivity contribution in [3.8, 4) is 0 Å². The molecule has 1 amide bonds. The molecule has 0 unspecified atom stereocenters. The summed E-state index contributed by atoms with van der Waals surface area (Å²) in [6.45, 7) is -0.0696. The minimum absolute atomic E-state index is 0.0429. The number of carbonyl (C=O) groups excluding carboxylic acids is 1. The first-order chi connectivity index (χ1) is 11.4. The molecule has 1 aliphatic carbocycles. The van der Waals surface area contributed by atoms with E-state index < -0.39 is 15.8 Å². The van der Waals surface area contributed by atoms with Crippen molar-refractivity contribution in [1.29, 1.82) is 0 Å². The van der Waals surface area contributed by atoms with Crippen molar-refractivity contribution in [2.24, 2.45) is 0 Å². The summed E-state index contributed by atoms with van der Waals surface area (Å²) in [4.78, 5) is 11.8. The zero-order valence-electron chi connectivity index (χ0n) is 12.5. The number of nitrogens with one attached hydrogen (secondary N) is 2. The number of benzene rings is 1. The summed E-state index contributed by atoms with van der Waals surface area (Å²) in [5.74, 6) is -0.401. The van der Waals surface area contributed by atoms with Gasteiger partial charge in [-0.2, -0.15) is 0 Å². The molecule has 1 fully saturated rings. The molecular formula is C14H15FN4O3S2. The highest BCUT2D eigenvalue weighted by atomic mass is 32.2. The first-order valence-electron chi connectivity index (χ1n) is 7.32. The molecule has 2 aromatic rings. The number of hydrogen-bond acceptors (Lipinski definition) is 6. The zero-order chi connectivity index (χ0) is 17.2. The van der Waals surface area contributed by atoms with Crippen LogP contribution in [0.25, 0.3) is 0 Å². The molecule has 2 N–H and O–H groups in total. The summed E-state index contributed by atoms with van der Waals surface area (Å²) in [5.41, 5.74) is 0. The van der Waals surface area contributed by atoms with Crippen molar-refractivity contribution in [2.75, 3.05) is 11.9 Å². The molecule has 7 nitrogen and oxygen atoms in total. The number of rotatable bonds is 7. The number of amides is 1. The fourth-order valence-corrected chi connectivity index (χ4v) is 3.92. The average Bonchev–Trinajstić information content (AvgIpc) is 3.28. The van der Waals surface area contributed by atoms with Crippen molar-refractivity contribution >= 4 is 32.4 Å². The Balaban J connectivity index is 1.47. The fraction of sp³-hybridized carbons (Fsp3) is 0.357. The van der Waals surface area contributed by atoms with Crippen LogP contribution in [0.5, 0.6) is 0 Å². The van der Waals surface area contributed by atoms with E-state index in [1.807, 2.05) is 0 Å². The first-order valence-corrected chi connectivity index (χ1v) is 9.62. The molecule has 0 atom stereocenters. The predicted molar refractivity (Wildman–Crippen MR) is 86.7 cm³/mol. The van der Waals surface area contributed by atoms with Crippen LogP contribution in [0.4, 0.5) is 9.52 Å². The highest BCUT2D eigenvalue weighted by molar-refractivity contribution is 7.89. The molecule has 1 aromatic carbocycles. The van der Waals surface area contributed by atoms with Gasteiger partial charge in [0.15, 0.2) is 0 Å². The molecule has 128 valence electrons. The first kappa shape index (κ1) is 16.9. The summed E-state index contributed by atoms with van der Waals surface area (Å²) in [7, 11) is -3.77. The lowest BCUT2D eigenvalue weighted by atomic mass is 10.4. The molecule has 10 heteroatoms. The number of halogens is 1. The molecule has 1 saturated carbocycles. The second-order valence-corrected chi connectivity index (χ2v) is 8.15. The van der Waals surface area contributed by atoms with E-state index in [1.54, 1.807) is 0 Å². The van der Waals surface area contributed by atoms with Gasteiger partial charge < -0.3 is 5.32 Å². The lowest BCUT2D eigenvalue weighted by Gasteiger charge is -2.06. The minimum Gasteiger partial charge on any atom is -0.300 e. The molecular weight excluding hydrogens is 355 g/mol. The van der Waals surface area contributed by atoms with Gasteiger partial charge in [-0.05, 0) is 37.1 Å². The van der Waals surface area contributed by atoms with Gasteiger partial charge in [-0.15, -0.1) is 10.2 Å². The molecule has 0 radical (unpaired) electrons. The Morgan fingerprint density at radius 2 is 1.96 bits per heavy atom. The summed E-state index contributed by atoms with van der Waals surface area (Å²) < 4.78 is 39.1. The third kappa shape index (κ3) is 4.34. The van der Waals surface area contributed by atoms with Crippen molar-refractivity contribution in [2.45, 2.75) is 30.1 Å². The van der Waals surface area contributed by atoms with Crippen molar-refractivity contribution in [3.05, 3.63) is 35.1 Å². The molecule has 0 saturated heterocycles. The van der Waals surface area contributed by atoms with Gasteiger partial charge in [0.1, 0.15) is 10.8 Å². The number of sulfonamides is 1. The largest absolute Gasteiger partial charge is 0.300 e. The Morgan fingerprint density at radius 3 is 2.62 bits per heavy atom. The molecule has 1 aromatic heterocycles. The van der Waals surface area contributed by atoms with Crippen LogP contribution in [0.3, 0.4) is 0 Å². The van der Waals surface area contributed by atoms with E-state index in [9.17, 15) is 17.6 Å². The monoisotopic (exact) mass is 370 g/mol. The molecule has 0 bridgehead atoms. The van der Waals surface area contributed by atoms with Gasteiger partial charge in [0.2, 0.25) is 21.1 Å². The lowest BCUT2D eigenvalue weighted by molar-refractivity contribution is -0.116. The average molecular weight is 370 g/mol. The third-order valence-corrected chi connectivity index (χ3v) is 5.86. The van der Waals surface area contributed by atoms with Gasteiger partial charge >= 0.3 is 0 Å². The van der Waals surface area contributed by atoms with Crippen LogP contribution in [0, 0.1) is 5.82 Å². The number of aromatic nitrogens is 2. The zero-order valence-corrected chi connectivity index (χ0v) is 14.2. The van der Waals surface area contributed by atoms with Crippen LogP contribution in [0.2, 0.25) is 0 Å². The van der Waals surface area contributed by atoms with E-state index in [4.69, 9.17) is 0 Å². The van der Waals surface area contributed by atoms with Crippen molar-refractivity contribution in [3.63, 3.8) is 0 Å². The Kier molecular flexibility index (Phi) is 4.88. The summed E-state index contributed by atoms with van der Waals surface area (Å²) in [6, 6.07) is 4.46. The number of anilines is 1. The van der Waals surface area contributed by atoms with E-state index in [-0.39, 0.29) is 23.8 Å². The van der Waals surface area contributed by atoms with E-state index in [2.05, 4.69) is 20.2 Å². The van der Waals surface area contributed by atoms with Crippen LogP contribution in [0.1, 0.15) is 30.2 Å². The van der Waals surface area contributed by atoms with Gasteiger partial charge in [0, 0.05) is 18.9 Å². The quantitative estimate of drug-likeness (QED) is 0.775. The van der Waals surface area contributed by atoms with E-state index >= 15 is 0 Å². The molecule has 3 rings (SSSR count). The van der Waals surface area contributed by atoms with Crippen LogP contribution < -0.4 is 10.0 Å². The van der Waals surface area contributed by atoms with Crippen LogP contribution in [-0.2, 0) is 14.8 Å². The minimum atomic E-state index is -3.77.